The second-order valence-corrected chi connectivity index (χ2v) is 13.9. The smallest absolute Gasteiger partial charge is 0.410 e. The van der Waals surface area contributed by atoms with E-state index in [2.05, 4.69) is 5.32 Å². The average molecular weight is 632 g/mol. The Morgan fingerprint density at radius 1 is 0.978 bits per heavy atom. The molecule has 0 radical (unpaired) electrons. The Kier molecular flexibility index (Phi) is 11.8. The molecule has 2 atom stereocenters. The van der Waals surface area contributed by atoms with Gasteiger partial charge in [-0.2, -0.15) is 0 Å². The Bertz CT molecular complexity index is 1150. The number of methoxy groups -OCH3 is 2. The van der Waals surface area contributed by atoms with Gasteiger partial charge in [0.05, 0.1) is 13.7 Å². The van der Waals surface area contributed by atoms with Crippen LogP contribution in [0.5, 0.6) is 11.5 Å². The lowest BCUT2D eigenvalue weighted by Gasteiger charge is -2.32. The fraction of sp³-hybridized carbons (Fsp3) is 0.735. The summed E-state index contributed by atoms with van der Waals surface area (Å²) in [4.78, 5) is 43.4. The van der Waals surface area contributed by atoms with E-state index in [1.807, 2.05) is 39.5 Å². The maximum Gasteiger partial charge on any atom is 0.410 e. The first kappa shape index (κ1) is 34.7. The zero-order chi connectivity index (χ0) is 32.7. The molecule has 2 saturated carbocycles. The Balaban J connectivity index is 1.46. The molecule has 1 aromatic carbocycles. The largest absolute Gasteiger partial charge is 0.493 e. The third-order valence-electron chi connectivity index (χ3n) is 8.63. The number of hydrogen-bond acceptors (Lipinski definition) is 8. The fourth-order valence-electron chi connectivity index (χ4n) is 5.91. The fourth-order valence-corrected chi connectivity index (χ4v) is 5.91. The summed E-state index contributed by atoms with van der Waals surface area (Å²) < 4.78 is 28.0. The first-order chi connectivity index (χ1) is 21.4. The molecule has 1 aliphatic heterocycles. The van der Waals surface area contributed by atoms with Crippen molar-refractivity contribution >= 4 is 18.1 Å². The summed E-state index contributed by atoms with van der Waals surface area (Å²) in [6.07, 6.45) is 4.41. The van der Waals surface area contributed by atoms with Gasteiger partial charge < -0.3 is 38.8 Å². The molecule has 3 aliphatic rings. The second-order valence-electron chi connectivity index (χ2n) is 13.9. The normalized spacial score (nSPS) is 19.9. The molecule has 252 valence electrons. The van der Waals surface area contributed by atoms with Gasteiger partial charge in [0.25, 0.3) is 5.91 Å². The number of ether oxygens (including phenoxy) is 5. The predicted molar refractivity (Wildman–Crippen MR) is 170 cm³/mol. The SMILES string of the molecule is COCCCOc1cc(C(=O)N(CC2CN(C(=O)OC(C)(C)C)CC2CNC(=O)OC(C2CC2)C2CC2)C(C)C)ccc1OC. The molecule has 0 bridgehead atoms. The minimum Gasteiger partial charge on any atom is -0.493 e. The van der Waals surface area contributed by atoms with E-state index >= 15 is 0 Å². The van der Waals surface area contributed by atoms with Crippen molar-refractivity contribution in [2.45, 2.75) is 84.5 Å². The Morgan fingerprint density at radius 2 is 1.64 bits per heavy atom. The molecule has 3 amide bonds. The van der Waals surface area contributed by atoms with Gasteiger partial charge in [-0.25, -0.2) is 9.59 Å². The molecule has 1 aromatic rings. The molecule has 1 saturated heterocycles. The van der Waals surface area contributed by atoms with Crippen molar-refractivity contribution in [1.29, 1.82) is 0 Å². The lowest BCUT2D eigenvalue weighted by Crippen LogP contribution is -2.44. The highest BCUT2D eigenvalue weighted by molar-refractivity contribution is 5.95. The molecule has 2 unspecified atom stereocenters. The number of carbonyl (C=O) groups excluding carboxylic acids is 3. The number of nitrogens with one attached hydrogen (secondary N) is 1. The highest BCUT2D eigenvalue weighted by Crippen LogP contribution is 2.46. The average Bonchev–Trinajstić information content (AvgIpc) is 3.92. The zero-order valence-electron chi connectivity index (χ0n) is 28.1. The van der Waals surface area contributed by atoms with Crippen LogP contribution in [-0.2, 0) is 14.2 Å². The van der Waals surface area contributed by atoms with E-state index in [0.29, 0.717) is 74.7 Å². The molecule has 2 aliphatic carbocycles. The maximum atomic E-state index is 14.0. The van der Waals surface area contributed by atoms with Crippen LogP contribution in [0.2, 0.25) is 0 Å². The van der Waals surface area contributed by atoms with Crippen molar-refractivity contribution in [2.75, 3.05) is 53.6 Å². The van der Waals surface area contributed by atoms with Gasteiger partial charge in [-0.15, -0.1) is 0 Å². The predicted octanol–water partition coefficient (Wildman–Crippen LogP) is 5.36. The van der Waals surface area contributed by atoms with Crippen molar-refractivity contribution in [3.63, 3.8) is 0 Å². The summed E-state index contributed by atoms with van der Waals surface area (Å²) in [5, 5.41) is 2.99. The van der Waals surface area contributed by atoms with Crippen molar-refractivity contribution in [2.24, 2.45) is 23.7 Å². The van der Waals surface area contributed by atoms with Crippen LogP contribution in [0.3, 0.4) is 0 Å². The zero-order valence-corrected chi connectivity index (χ0v) is 28.1. The molecule has 11 heteroatoms. The standard InChI is InChI=1S/C34H53N3O8/c1-22(2)37(31(38)25-13-14-28(42-7)29(17-25)43-16-8-15-41-6)21-27-20-36(33(40)45-34(3,4)5)19-26(27)18-35-32(39)44-30(23-9-10-23)24-11-12-24/h13-14,17,22-24,26-27,30H,8-12,15-16,18-21H2,1-7H3,(H,35,39). The van der Waals surface area contributed by atoms with Crippen LogP contribution in [0.1, 0.15) is 77.1 Å². The summed E-state index contributed by atoms with van der Waals surface area (Å²) in [7, 11) is 3.21. The van der Waals surface area contributed by atoms with E-state index < -0.39 is 17.8 Å². The molecular weight excluding hydrogens is 578 g/mol. The molecule has 45 heavy (non-hydrogen) atoms. The summed E-state index contributed by atoms with van der Waals surface area (Å²) >= 11 is 0. The Morgan fingerprint density at radius 3 is 2.22 bits per heavy atom. The molecule has 1 heterocycles. The van der Waals surface area contributed by atoms with Gasteiger partial charge in [0, 0.05) is 69.8 Å². The molecule has 1 N–H and O–H groups in total. The number of nitrogens with zero attached hydrogens (tertiary/aromatic N) is 2. The van der Waals surface area contributed by atoms with Crippen LogP contribution >= 0.6 is 0 Å². The van der Waals surface area contributed by atoms with Crippen LogP contribution in [0.15, 0.2) is 18.2 Å². The van der Waals surface area contributed by atoms with Crippen LogP contribution in [-0.4, -0.2) is 99.3 Å². The topological polar surface area (TPSA) is 116 Å². The molecular formula is C34H53N3O8. The van der Waals surface area contributed by atoms with E-state index in [9.17, 15) is 14.4 Å². The third-order valence-corrected chi connectivity index (χ3v) is 8.63. The maximum absolute atomic E-state index is 14.0. The first-order valence-corrected chi connectivity index (χ1v) is 16.4. The van der Waals surface area contributed by atoms with E-state index in [1.165, 1.54) is 0 Å². The van der Waals surface area contributed by atoms with E-state index in [0.717, 1.165) is 25.7 Å². The van der Waals surface area contributed by atoms with Gasteiger partial charge >= 0.3 is 12.2 Å². The molecule has 4 rings (SSSR count). The van der Waals surface area contributed by atoms with Crippen molar-refractivity contribution < 1.29 is 38.1 Å². The number of amides is 3. The van der Waals surface area contributed by atoms with Crippen LogP contribution in [0.4, 0.5) is 9.59 Å². The summed E-state index contributed by atoms with van der Waals surface area (Å²) in [5.74, 6) is 1.71. The number of rotatable bonds is 15. The van der Waals surface area contributed by atoms with Gasteiger partial charge in [-0.1, -0.05) is 0 Å². The highest BCUT2D eigenvalue weighted by Gasteiger charge is 2.44. The number of alkyl carbamates (subject to hydrolysis) is 1. The van der Waals surface area contributed by atoms with Gasteiger partial charge in [0.1, 0.15) is 11.7 Å². The minimum atomic E-state index is -0.634. The Labute approximate surface area is 268 Å². The summed E-state index contributed by atoms with van der Waals surface area (Å²) in [6.45, 7) is 12.0. The summed E-state index contributed by atoms with van der Waals surface area (Å²) in [6, 6.07) is 5.09. The minimum absolute atomic E-state index is 0.00929. The van der Waals surface area contributed by atoms with Gasteiger partial charge in [0.2, 0.25) is 0 Å². The highest BCUT2D eigenvalue weighted by atomic mass is 16.6. The van der Waals surface area contributed by atoms with E-state index in [-0.39, 0.29) is 29.9 Å². The van der Waals surface area contributed by atoms with E-state index in [4.69, 9.17) is 23.7 Å². The van der Waals surface area contributed by atoms with Crippen molar-refractivity contribution in [1.82, 2.24) is 15.1 Å². The lowest BCUT2D eigenvalue weighted by molar-refractivity contribution is 0.0282. The van der Waals surface area contributed by atoms with E-state index in [1.54, 1.807) is 37.3 Å². The van der Waals surface area contributed by atoms with Crippen molar-refractivity contribution in [3.8, 4) is 11.5 Å². The van der Waals surface area contributed by atoms with Crippen LogP contribution in [0, 0.1) is 23.7 Å². The third kappa shape index (κ3) is 10.1. The lowest BCUT2D eigenvalue weighted by atomic mass is 9.94. The number of benzene rings is 1. The van der Waals surface area contributed by atoms with Crippen molar-refractivity contribution in [3.05, 3.63) is 23.8 Å². The molecule has 11 nitrogen and oxygen atoms in total. The van der Waals surface area contributed by atoms with Crippen LogP contribution in [0.25, 0.3) is 0 Å². The molecule has 0 spiro atoms. The second kappa shape index (κ2) is 15.4. The number of hydrogen-bond donors (Lipinski definition) is 1. The van der Waals surface area contributed by atoms with Gasteiger partial charge in [-0.3, -0.25) is 4.79 Å². The van der Waals surface area contributed by atoms with Gasteiger partial charge in [0.15, 0.2) is 11.5 Å². The van der Waals surface area contributed by atoms with Crippen LogP contribution < -0.4 is 14.8 Å². The molecule has 3 fully saturated rings. The number of likely N-dealkylation sites (tertiary alicyclic amines) is 1. The quantitative estimate of drug-likeness (QED) is 0.257. The first-order valence-electron chi connectivity index (χ1n) is 16.4. The van der Waals surface area contributed by atoms with Gasteiger partial charge in [-0.05, 0) is 90.3 Å². The number of carbonyl (C=O) groups is 3. The Hall–Kier alpha value is -3.21. The molecule has 0 aromatic heterocycles. The summed E-state index contributed by atoms with van der Waals surface area (Å²) in [5.41, 5.74) is -0.150. The monoisotopic (exact) mass is 631 g/mol.